The van der Waals surface area contributed by atoms with E-state index in [1.807, 2.05) is 6.07 Å². The number of fused-ring (bicyclic) bond motifs is 16. The molecule has 0 radical (unpaired) electrons. The number of nitrogens with zero attached hydrogens (tertiary/aromatic N) is 1. The van der Waals surface area contributed by atoms with E-state index in [-0.39, 0.29) is 5.41 Å². The van der Waals surface area contributed by atoms with Gasteiger partial charge in [-0.05, 0) is 103 Å². The minimum Gasteiger partial charge on any atom is -0.455 e. The van der Waals surface area contributed by atoms with Crippen molar-refractivity contribution >= 4 is 39.0 Å². The molecule has 2 nitrogen and oxygen atoms in total. The second kappa shape index (κ2) is 12.1. The summed E-state index contributed by atoms with van der Waals surface area (Å²) in [7, 11) is 0. The lowest BCUT2D eigenvalue weighted by Gasteiger charge is -2.33. The third-order valence-corrected chi connectivity index (χ3v) is 13.9. The van der Waals surface area contributed by atoms with E-state index in [2.05, 4.69) is 213 Å². The Labute approximate surface area is 349 Å². The van der Waals surface area contributed by atoms with Gasteiger partial charge in [0, 0.05) is 38.7 Å². The first-order valence-electron chi connectivity index (χ1n) is 21.0. The molecule has 1 aromatic heterocycles. The Balaban J connectivity index is 1.10. The third-order valence-electron chi connectivity index (χ3n) is 13.9. The highest BCUT2D eigenvalue weighted by molar-refractivity contribution is 6.11. The molecule has 1 spiro atoms. The number of anilines is 3. The van der Waals surface area contributed by atoms with E-state index in [9.17, 15) is 0 Å². The molecule has 10 aromatic rings. The molecule has 3 aliphatic rings. The lowest BCUT2D eigenvalue weighted by molar-refractivity contribution is 0.660. The highest BCUT2D eigenvalue weighted by Gasteiger charge is 2.51. The number of furan rings is 1. The van der Waals surface area contributed by atoms with Gasteiger partial charge in [0.25, 0.3) is 0 Å². The van der Waals surface area contributed by atoms with Crippen LogP contribution < -0.4 is 4.90 Å². The van der Waals surface area contributed by atoms with Crippen LogP contribution in [-0.4, -0.2) is 0 Å². The van der Waals surface area contributed by atoms with Gasteiger partial charge in [0.05, 0.1) is 11.1 Å². The van der Waals surface area contributed by atoms with Crippen LogP contribution in [0.1, 0.15) is 47.2 Å². The molecule has 0 bridgehead atoms. The van der Waals surface area contributed by atoms with Crippen LogP contribution in [0.15, 0.2) is 205 Å². The van der Waals surface area contributed by atoms with Gasteiger partial charge in [-0.15, -0.1) is 0 Å². The number of rotatable bonds is 4. The first-order valence-corrected chi connectivity index (χ1v) is 21.0. The monoisotopic (exact) mass is 765 g/mol. The predicted molar refractivity (Wildman–Crippen MR) is 248 cm³/mol. The van der Waals surface area contributed by atoms with Gasteiger partial charge in [0.1, 0.15) is 11.2 Å². The molecule has 0 saturated carbocycles. The van der Waals surface area contributed by atoms with Gasteiger partial charge in [-0.1, -0.05) is 178 Å². The lowest BCUT2D eigenvalue weighted by Crippen LogP contribution is -2.26. The molecule has 2 heteroatoms. The van der Waals surface area contributed by atoms with E-state index in [0.717, 1.165) is 50.1 Å². The fourth-order valence-corrected chi connectivity index (χ4v) is 11.3. The van der Waals surface area contributed by atoms with Crippen LogP contribution >= 0.6 is 0 Å². The summed E-state index contributed by atoms with van der Waals surface area (Å²) < 4.78 is 6.72. The fraction of sp³-hybridized carbons (Fsp3) is 0.0690. The molecule has 282 valence electrons. The summed E-state index contributed by atoms with van der Waals surface area (Å²) in [6.07, 6.45) is 0. The quantitative estimate of drug-likeness (QED) is 0.177. The summed E-state index contributed by atoms with van der Waals surface area (Å²) in [5.74, 6) is 0. The second-order valence-electron chi connectivity index (χ2n) is 17.2. The lowest BCUT2D eigenvalue weighted by atomic mass is 9.70. The smallest absolute Gasteiger partial charge is 0.143 e. The van der Waals surface area contributed by atoms with Gasteiger partial charge in [-0.2, -0.15) is 0 Å². The van der Waals surface area contributed by atoms with E-state index < -0.39 is 5.41 Å². The Morgan fingerprint density at radius 3 is 1.45 bits per heavy atom. The average Bonchev–Trinajstić information content (AvgIpc) is 3.99. The molecule has 0 aliphatic heterocycles. The Kier molecular flexibility index (Phi) is 6.74. The van der Waals surface area contributed by atoms with Gasteiger partial charge in [-0.3, -0.25) is 0 Å². The van der Waals surface area contributed by atoms with Gasteiger partial charge >= 0.3 is 0 Å². The summed E-state index contributed by atoms with van der Waals surface area (Å²) >= 11 is 0. The van der Waals surface area contributed by atoms with Crippen molar-refractivity contribution in [3.8, 4) is 44.5 Å². The van der Waals surface area contributed by atoms with Crippen molar-refractivity contribution in [3.05, 3.63) is 234 Å². The minimum atomic E-state index is -0.457. The maximum Gasteiger partial charge on any atom is 0.143 e. The molecular formula is C58H39NO. The van der Waals surface area contributed by atoms with Crippen LogP contribution in [0.25, 0.3) is 66.4 Å². The summed E-state index contributed by atoms with van der Waals surface area (Å²) in [4.78, 5) is 2.50. The molecule has 1 heterocycles. The zero-order valence-electron chi connectivity index (χ0n) is 33.4. The van der Waals surface area contributed by atoms with Crippen molar-refractivity contribution in [2.45, 2.75) is 24.7 Å². The Bertz CT molecular complexity index is 3370. The Morgan fingerprint density at radius 1 is 0.350 bits per heavy atom. The summed E-state index contributed by atoms with van der Waals surface area (Å²) in [5.41, 5.74) is 22.6. The fourth-order valence-electron chi connectivity index (χ4n) is 11.3. The van der Waals surface area contributed by atoms with E-state index in [0.29, 0.717) is 0 Å². The Hall–Kier alpha value is -7.42. The normalized spacial score (nSPS) is 14.4. The van der Waals surface area contributed by atoms with E-state index in [1.165, 1.54) is 66.8 Å². The van der Waals surface area contributed by atoms with Gasteiger partial charge < -0.3 is 9.32 Å². The van der Waals surface area contributed by atoms with Gasteiger partial charge in [-0.25, -0.2) is 0 Å². The molecule has 13 rings (SSSR count). The highest BCUT2D eigenvalue weighted by Crippen LogP contribution is 2.63. The summed E-state index contributed by atoms with van der Waals surface area (Å²) in [6.45, 7) is 4.74. The van der Waals surface area contributed by atoms with E-state index >= 15 is 0 Å². The number of hydrogen-bond donors (Lipinski definition) is 0. The van der Waals surface area contributed by atoms with Crippen molar-refractivity contribution in [3.63, 3.8) is 0 Å². The predicted octanol–water partition coefficient (Wildman–Crippen LogP) is 15.4. The molecule has 9 aromatic carbocycles. The molecule has 0 fully saturated rings. The largest absolute Gasteiger partial charge is 0.455 e. The average molecular weight is 766 g/mol. The molecule has 0 N–H and O–H groups in total. The van der Waals surface area contributed by atoms with Crippen LogP contribution in [0.4, 0.5) is 17.1 Å². The highest BCUT2D eigenvalue weighted by atomic mass is 16.3. The molecule has 60 heavy (non-hydrogen) atoms. The van der Waals surface area contributed by atoms with Crippen molar-refractivity contribution < 1.29 is 4.42 Å². The standard InChI is InChI=1S/C58H39NO/c1-57(2)48-24-9-3-16-38(48)42-32-30-36(34-52(42)57)59(54-28-13-7-20-44(54)46-22-15-23-47-45-21-8-14-29-55(45)60-56(46)47)37-31-33-43-41-19-6-12-27-51(41)58(53(43)35-37)49-25-10-4-17-39(49)40-18-5-11-26-50(40)58/h3-35H,1-2H3. The molecule has 0 amide bonds. The third kappa shape index (κ3) is 4.27. The van der Waals surface area contributed by atoms with Gasteiger partial charge in [0.15, 0.2) is 0 Å². The SMILES string of the molecule is CC1(C)c2ccccc2-c2ccc(N(c3ccc4c(c3)C3(c5ccccc5-c5ccccc53)c3ccccc3-4)c3ccccc3-c3cccc4c3oc3ccccc34)cc21. The summed E-state index contributed by atoms with van der Waals surface area (Å²) in [6, 6.07) is 74.2. The van der Waals surface area contributed by atoms with Crippen molar-refractivity contribution in [1.29, 1.82) is 0 Å². The molecule has 0 unspecified atom stereocenters. The topological polar surface area (TPSA) is 16.4 Å². The minimum absolute atomic E-state index is 0.159. The van der Waals surface area contributed by atoms with Crippen LogP contribution in [-0.2, 0) is 10.8 Å². The summed E-state index contributed by atoms with van der Waals surface area (Å²) in [5, 5.41) is 2.25. The molecule has 3 aliphatic carbocycles. The first kappa shape index (κ1) is 33.5. The van der Waals surface area contributed by atoms with Crippen LogP contribution in [0.5, 0.6) is 0 Å². The number of hydrogen-bond acceptors (Lipinski definition) is 2. The van der Waals surface area contributed by atoms with Crippen molar-refractivity contribution in [2.24, 2.45) is 0 Å². The van der Waals surface area contributed by atoms with Gasteiger partial charge in [0.2, 0.25) is 0 Å². The zero-order chi connectivity index (χ0) is 39.7. The maximum absolute atomic E-state index is 6.72. The molecular weight excluding hydrogens is 727 g/mol. The number of benzene rings is 9. The van der Waals surface area contributed by atoms with Crippen LogP contribution in [0.3, 0.4) is 0 Å². The first-order chi connectivity index (χ1) is 29.5. The molecule has 0 saturated heterocycles. The van der Waals surface area contributed by atoms with E-state index in [4.69, 9.17) is 4.42 Å². The molecule has 0 atom stereocenters. The second-order valence-corrected chi connectivity index (χ2v) is 17.2. The van der Waals surface area contributed by atoms with Crippen LogP contribution in [0.2, 0.25) is 0 Å². The number of para-hydroxylation sites is 3. The maximum atomic E-state index is 6.72. The van der Waals surface area contributed by atoms with Crippen molar-refractivity contribution in [2.75, 3.05) is 4.90 Å². The van der Waals surface area contributed by atoms with E-state index in [1.54, 1.807) is 0 Å². The Morgan fingerprint density at radius 2 is 0.800 bits per heavy atom. The zero-order valence-corrected chi connectivity index (χ0v) is 33.4. The van der Waals surface area contributed by atoms with Crippen molar-refractivity contribution in [1.82, 2.24) is 0 Å². The van der Waals surface area contributed by atoms with Crippen LogP contribution in [0, 0.1) is 0 Å².